The molecule has 2 aromatic carbocycles. The van der Waals surface area contributed by atoms with Gasteiger partial charge in [-0.2, -0.15) is 0 Å². The summed E-state index contributed by atoms with van der Waals surface area (Å²) in [7, 11) is 0. The number of hydrogen-bond acceptors (Lipinski definition) is 2. The summed E-state index contributed by atoms with van der Waals surface area (Å²) in [4.78, 5) is 16.7. The number of benzene rings is 2. The van der Waals surface area contributed by atoms with Crippen molar-refractivity contribution in [3.05, 3.63) is 106 Å². The first-order chi connectivity index (χ1) is 14.6. The lowest BCUT2D eigenvalue weighted by molar-refractivity contribution is 0.195. The number of thiophene rings is 1. The summed E-state index contributed by atoms with van der Waals surface area (Å²) in [5, 5.41) is 5.25. The molecule has 1 N–H and O–H groups in total. The van der Waals surface area contributed by atoms with Crippen molar-refractivity contribution < 1.29 is 4.79 Å². The van der Waals surface area contributed by atoms with Crippen molar-refractivity contribution in [2.45, 2.75) is 26.4 Å². The van der Waals surface area contributed by atoms with Crippen molar-refractivity contribution in [1.82, 2.24) is 9.47 Å². The third-order valence-electron chi connectivity index (χ3n) is 5.88. The summed E-state index contributed by atoms with van der Waals surface area (Å²) in [5.41, 5.74) is 6.47. The number of rotatable bonds is 2. The molecule has 1 aliphatic rings. The predicted molar refractivity (Wildman–Crippen MR) is 122 cm³/mol. The largest absolute Gasteiger partial charge is 0.323 e. The molecule has 2 aromatic heterocycles. The van der Waals surface area contributed by atoms with Crippen molar-refractivity contribution in [3.63, 3.8) is 0 Å². The summed E-state index contributed by atoms with van der Waals surface area (Å²) in [6.45, 7) is 4.65. The second kappa shape index (κ2) is 7.50. The monoisotopic (exact) mass is 413 g/mol. The van der Waals surface area contributed by atoms with E-state index in [0.717, 1.165) is 38.6 Å². The Bertz CT molecular complexity index is 1210. The molecule has 2 amide bonds. The fraction of sp³-hybridized carbons (Fsp3) is 0.160. The molecular weight excluding hydrogens is 390 g/mol. The first-order valence-corrected chi connectivity index (χ1v) is 10.9. The lowest BCUT2D eigenvalue weighted by Crippen LogP contribution is -2.37. The second-order valence-corrected chi connectivity index (χ2v) is 8.63. The highest BCUT2D eigenvalue weighted by Gasteiger charge is 2.33. The minimum Gasteiger partial charge on any atom is -0.318 e. The van der Waals surface area contributed by atoms with Crippen molar-refractivity contribution >= 4 is 23.1 Å². The van der Waals surface area contributed by atoms with Gasteiger partial charge in [-0.25, -0.2) is 4.79 Å². The third-order valence-corrected chi connectivity index (χ3v) is 6.81. The summed E-state index contributed by atoms with van der Waals surface area (Å²) < 4.78 is 2.21. The minimum absolute atomic E-state index is 0.0912. The Labute approximate surface area is 180 Å². The SMILES string of the molecule is Cc1cccc(NC(=O)N2Cc3ccccc3-n3cccc3C2c2cccs2)c1C. The van der Waals surface area contributed by atoms with Crippen molar-refractivity contribution in [3.8, 4) is 5.69 Å². The first-order valence-electron chi connectivity index (χ1n) is 10.1. The maximum Gasteiger partial charge on any atom is 0.323 e. The fourth-order valence-corrected chi connectivity index (χ4v) is 5.01. The average Bonchev–Trinajstić information content (AvgIpc) is 3.42. The van der Waals surface area contributed by atoms with E-state index >= 15 is 0 Å². The van der Waals surface area contributed by atoms with Gasteiger partial charge in [0.05, 0.1) is 17.9 Å². The van der Waals surface area contributed by atoms with Crippen molar-refractivity contribution in [1.29, 1.82) is 0 Å². The fourth-order valence-electron chi connectivity index (χ4n) is 4.16. The van der Waals surface area contributed by atoms with Crippen LogP contribution in [0.2, 0.25) is 0 Å². The lowest BCUT2D eigenvalue weighted by Gasteiger charge is -2.30. The number of hydrogen-bond donors (Lipinski definition) is 1. The number of carbonyl (C=O) groups excluding carboxylic acids is 1. The summed E-state index contributed by atoms with van der Waals surface area (Å²) in [6.07, 6.45) is 2.08. The molecule has 30 heavy (non-hydrogen) atoms. The average molecular weight is 414 g/mol. The smallest absolute Gasteiger partial charge is 0.318 e. The quantitative estimate of drug-likeness (QED) is 0.412. The number of amides is 2. The highest BCUT2D eigenvalue weighted by atomic mass is 32.1. The van der Waals surface area contributed by atoms with Gasteiger partial charge in [0.1, 0.15) is 6.04 Å². The van der Waals surface area contributed by atoms with E-state index in [1.807, 2.05) is 36.1 Å². The van der Waals surface area contributed by atoms with Crippen LogP contribution in [0.5, 0.6) is 0 Å². The maximum atomic E-state index is 13.6. The summed E-state index contributed by atoms with van der Waals surface area (Å²) in [5.74, 6) is 0. The molecule has 4 nitrogen and oxygen atoms in total. The Balaban J connectivity index is 1.62. The highest BCUT2D eigenvalue weighted by Crippen LogP contribution is 2.38. The van der Waals surface area contributed by atoms with E-state index in [-0.39, 0.29) is 12.1 Å². The standard InChI is InChI=1S/C25H23N3OS/c1-17-8-5-10-20(18(17)2)26-25(29)28-16-19-9-3-4-11-21(19)27-14-6-12-22(27)24(28)23-13-7-15-30-23/h3-15,24H,16H2,1-2H3,(H,26,29). The first kappa shape index (κ1) is 18.7. The molecule has 4 aromatic rings. The third kappa shape index (κ3) is 3.12. The van der Waals surface area contributed by atoms with Crippen LogP contribution in [0.3, 0.4) is 0 Å². The lowest BCUT2D eigenvalue weighted by atomic mass is 10.1. The van der Waals surface area contributed by atoms with E-state index in [2.05, 4.69) is 70.8 Å². The normalized spacial score (nSPS) is 15.3. The molecular formula is C25H23N3OS. The number of nitrogens with one attached hydrogen (secondary N) is 1. The molecule has 1 aliphatic heterocycles. The molecule has 0 aliphatic carbocycles. The number of aryl methyl sites for hydroxylation is 1. The van der Waals surface area contributed by atoms with Crippen LogP contribution in [0.25, 0.3) is 5.69 Å². The van der Waals surface area contributed by atoms with E-state index in [0.29, 0.717) is 6.54 Å². The van der Waals surface area contributed by atoms with Crippen LogP contribution in [0.4, 0.5) is 10.5 Å². The van der Waals surface area contributed by atoms with Crippen molar-refractivity contribution in [2.24, 2.45) is 0 Å². The predicted octanol–water partition coefficient (Wildman–Crippen LogP) is 6.29. The zero-order chi connectivity index (χ0) is 20.7. The molecule has 5 rings (SSSR count). The molecule has 0 bridgehead atoms. The molecule has 0 spiro atoms. The van der Waals surface area contributed by atoms with Crippen LogP contribution < -0.4 is 5.32 Å². The van der Waals surface area contributed by atoms with Crippen LogP contribution in [0, 0.1) is 13.8 Å². The Kier molecular flexibility index (Phi) is 4.68. The van der Waals surface area contributed by atoms with E-state index < -0.39 is 0 Å². The van der Waals surface area contributed by atoms with E-state index in [9.17, 15) is 4.79 Å². The number of para-hydroxylation sites is 1. The van der Waals surface area contributed by atoms with Crippen LogP contribution >= 0.6 is 11.3 Å². The van der Waals surface area contributed by atoms with E-state index in [4.69, 9.17) is 0 Å². The molecule has 0 radical (unpaired) electrons. The zero-order valence-corrected chi connectivity index (χ0v) is 17.8. The van der Waals surface area contributed by atoms with E-state index in [1.165, 1.54) is 0 Å². The van der Waals surface area contributed by atoms with Crippen LogP contribution in [-0.2, 0) is 6.54 Å². The molecule has 1 unspecified atom stereocenters. The second-order valence-electron chi connectivity index (χ2n) is 7.66. The van der Waals surface area contributed by atoms with Gasteiger partial charge >= 0.3 is 6.03 Å². The topological polar surface area (TPSA) is 37.3 Å². The summed E-state index contributed by atoms with van der Waals surface area (Å²) in [6, 6.07) is 22.4. The van der Waals surface area contributed by atoms with Gasteiger partial charge in [-0.3, -0.25) is 0 Å². The molecule has 0 saturated heterocycles. The van der Waals surface area contributed by atoms with Crippen LogP contribution in [0.1, 0.15) is 33.3 Å². The Morgan fingerprint density at radius 2 is 1.87 bits per heavy atom. The number of carbonyl (C=O) groups is 1. The van der Waals surface area contributed by atoms with Crippen LogP contribution in [0.15, 0.2) is 78.3 Å². The molecule has 3 heterocycles. The Morgan fingerprint density at radius 3 is 2.70 bits per heavy atom. The van der Waals surface area contributed by atoms with Gasteiger partial charge in [0.2, 0.25) is 0 Å². The van der Waals surface area contributed by atoms with E-state index in [1.54, 1.807) is 11.3 Å². The molecule has 0 saturated carbocycles. The number of aromatic nitrogens is 1. The number of nitrogens with zero attached hydrogens (tertiary/aromatic N) is 2. The van der Waals surface area contributed by atoms with Crippen molar-refractivity contribution in [2.75, 3.05) is 5.32 Å². The zero-order valence-electron chi connectivity index (χ0n) is 17.0. The van der Waals surface area contributed by atoms with Gasteiger partial charge < -0.3 is 14.8 Å². The maximum absolute atomic E-state index is 13.6. The van der Waals surface area contributed by atoms with Gasteiger partial charge in [0, 0.05) is 16.8 Å². The van der Waals surface area contributed by atoms with Gasteiger partial charge in [0.15, 0.2) is 0 Å². The Morgan fingerprint density at radius 1 is 1.00 bits per heavy atom. The number of fused-ring (bicyclic) bond motifs is 3. The van der Waals surface area contributed by atoms with Crippen LogP contribution in [-0.4, -0.2) is 15.5 Å². The Hall–Kier alpha value is -3.31. The number of anilines is 1. The number of urea groups is 1. The summed E-state index contributed by atoms with van der Waals surface area (Å²) >= 11 is 1.68. The molecule has 5 heteroatoms. The van der Waals surface area contributed by atoms with Gasteiger partial charge in [-0.05, 0) is 66.2 Å². The van der Waals surface area contributed by atoms with Gasteiger partial charge in [0.25, 0.3) is 0 Å². The molecule has 1 atom stereocenters. The van der Waals surface area contributed by atoms with Gasteiger partial charge in [-0.1, -0.05) is 36.4 Å². The highest BCUT2D eigenvalue weighted by molar-refractivity contribution is 7.10. The minimum atomic E-state index is -0.155. The van der Waals surface area contributed by atoms with Gasteiger partial charge in [-0.15, -0.1) is 11.3 Å². The molecule has 0 fully saturated rings. The molecule has 150 valence electrons.